The largest absolute Gasteiger partial charge is 0.462 e. The number of thiophene rings is 1. The van der Waals surface area contributed by atoms with Crippen molar-refractivity contribution < 1.29 is 28.7 Å². The van der Waals surface area contributed by atoms with Crippen LogP contribution in [0.2, 0.25) is 0 Å². The van der Waals surface area contributed by atoms with Crippen LogP contribution in [0.1, 0.15) is 72.3 Å². The van der Waals surface area contributed by atoms with Crippen molar-refractivity contribution >= 4 is 51.9 Å². The number of aryl methyl sites for hydroxylation is 2. The van der Waals surface area contributed by atoms with Gasteiger partial charge in [-0.2, -0.15) is 0 Å². The second-order valence-electron chi connectivity index (χ2n) is 10.0. The molecule has 0 saturated carbocycles. The standard InChI is InChI=1S/C32H35N5O6S2/c1-7-42-30(40)26-21(6)27(31(41)43-8-2)45-29(26)34-25(38)17-44-32-36-35-24(37(32)23-14-10-12-19(4)20(23)5)16-33-28(39)22-13-9-11-18(3)15-22/h9-15H,7-8,16-17H2,1-6H3,(H,33,39)(H,34,38). The maximum absolute atomic E-state index is 13.2. The van der Waals surface area contributed by atoms with E-state index in [1.807, 2.05) is 61.7 Å². The third-order valence-electron chi connectivity index (χ3n) is 6.88. The molecule has 2 aromatic carbocycles. The maximum atomic E-state index is 13.2. The van der Waals surface area contributed by atoms with Gasteiger partial charge in [0.2, 0.25) is 5.91 Å². The normalized spacial score (nSPS) is 10.8. The topological polar surface area (TPSA) is 142 Å². The first kappa shape index (κ1) is 33.4. The van der Waals surface area contributed by atoms with Crippen LogP contribution in [0.15, 0.2) is 47.6 Å². The molecule has 0 radical (unpaired) electrons. The fourth-order valence-electron chi connectivity index (χ4n) is 4.51. The van der Waals surface area contributed by atoms with Crippen LogP contribution in [0.4, 0.5) is 5.00 Å². The Morgan fingerprint density at radius 3 is 2.33 bits per heavy atom. The SMILES string of the molecule is CCOC(=O)c1sc(NC(=O)CSc2nnc(CNC(=O)c3cccc(C)c3)n2-c2cccc(C)c2C)c(C(=O)OCC)c1C. The summed E-state index contributed by atoms with van der Waals surface area (Å²) >= 11 is 2.11. The number of hydrogen-bond donors (Lipinski definition) is 2. The molecule has 0 saturated heterocycles. The minimum atomic E-state index is -0.642. The van der Waals surface area contributed by atoms with E-state index in [2.05, 4.69) is 20.8 Å². The van der Waals surface area contributed by atoms with E-state index in [4.69, 9.17) is 9.47 Å². The molecular weight excluding hydrogens is 615 g/mol. The molecule has 236 valence electrons. The molecule has 4 aromatic rings. The molecule has 0 atom stereocenters. The molecule has 0 unspecified atom stereocenters. The number of thioether (sulfide) groups is 1. The Labute approximate surface area is 269 Å². The fraction of sp³-hybridized carbons (Fsp3) is 0.312. The average Bonchev–Trinajstić information content (AvgIpc) is 3.56. The van der Waals surface area contributed by atoms with Crippen molar-refractivity contribution in [3.05, 3.63) is 86.5 Å². The number of carbonyl (C=O) groups excluding carboxylic acids is 4. The number of hydrogen-bond acceptors (Lipinski definition) is 10. The fourth-order valence-corrected chi connectivity index (χ4v) is 6.38. The Balaban J connectivity index is 1.58. The van der Waals surface area contributed by atoms with Crippen molar-refractivity contribution in [2.45, 2.75) is 53.2 Å². The molecule has 13 heteroatoms. The van der Waals surface area contributed by atoms with E-state index in [1.165, 1.54) is 0 Å². The van der Waals surface area contributed by atoms with Gasteiger partial charge in [-0.1, -0.05) is 41.6 Å². The monoisotopic (exact) mass is 649 g/mol. The Morgan fingerprint density at radius 2 is 1.62 bits per heavy atom. The van der Waals surface area contributed by atoms with Crippen LogP contribution >= 0.6 is 23.1 Å². The molecule has 0 fully saturated rings. The third-order valence-corrected chi connectivity index (χ3v) is 8.99. The molecule has 0 aliphatic carbocycles. The average molecular weight is 650 g/mol. The zero-order chi connectivity index (χ0) is 32.7. The van der Waals surface area contributed by atoms with Crippen LogP contribution in [0.5, 0.6) is 0 Å². The number of aromatic nitrogens is 3. The number of carbonyl (C=O) groups is 4. The lowest BCUT2D eigenvalue weighted by molar-refractivity contribution is -0.113. The van der Waals surface area contributed by atoms with Crippen LogP contribution in [0, 0.1) is 27.7 Å². The molecule has 2 amide bonds. The van der Waals surface area contributed by atoms with Crippen molar-refractivity contribution in [1.82, 2.24) is 20.1 Å². The van der Waals surface area contributed by atoms with Gasteiger partial charge in [0, 0.05) is 5.56 Å². The van der Waals surface area contributed by atoms with Crippen molar-refractivity contribution in [3.8, 4) is 5.69 Å². The lowest BCUT2D eigenvalue weighted by Gasteiger charge is -2.15. The molecular formula is C32H35N5O6S2. The Kier molecular flexibility index (Phi) is 11.1. The number of anilines is 1. The summed E-state index contributed by atoms with van der Waals surface area (Å²) in [5.74, 6) is -1.47. The minimum absolute atomic E-state index is 0.0768. The first-order valence-corrected chi connectivity index (χ1v) is 16.1. The van der Waals surface area contributed by atoms with E-state index < -0.39 is 17.8 Å². The van der Waals surface area contributed by atoms with Gasteiger partial charge < -0.3 is 20.1 Å². The lowest BCUT2D eigenvalue weighted by atomic mass is 10.1. The second-order valence-corrected chi connectivity index (χ2v) is 12.0. The smallest absolute Gasteiger partial charge is 0.348 e. The summed E-state index contributed by atoms with van der Waals surface area (Å²) in [4.78, 5) is 51.5. The number of amides is 2. The first-order chi connectivity index (χ1) is 21.5. The summed E-state index contributed by atoms with van der Waals surface area (Å²) < 4.78 is 12.1. The number of rotatable bonds is 12. The van der Waals surface area contributed by atoms with Gasteiger partial charge in [-0.05, 0) is 76.4 Å². The summed E-state index contributed by atoms with van der Waals surface area (Å²) in [6, 6.07) is 13.2. The van der Waals surface area contributed by atoms with Crippen LogP contribution in [-0.2, 0) is 20.8 Å². The highest BCUT2D eigenvalue weighted by molar-refractivity contribution is 7.99. The van der Waals surface area contributed by atoms with Crippen LogP contribution in [0.3, 0.4) is 0 Å². The van der Waals surface area contributed by atoms with Crippen molar-refractivity contribution in [3.63, 3.8) is 0 Å². The quantitative estimate of drug-likeness (QED) is 0.149. The molecule has 11 nitrogen and oxygen atoms in total. The van der Waals surface area contributed by atoms with E-state index >= 15 is 0 Å². The van der Waals surface area contributed by atoms with Crippen LogP contribution in [0.25, 0.3) is 5.69 Å². The van der Waals surface area contributed by atoms with Gasteiger partial charge in [0.25, 0.3) is 5.91 Å². The van der Waals surface area contributed by atoms with E-state index in [1.54, 1.807) is 26.8 Å². The third kappa shape index (κ3) is 7.78. The van der Waals surface area contributed by atoms with E-state index in [9.17, 15) is 19.2 Å². The summed E-state index contributed by atoms with van der Waals surface area (Å²) in [6.45, 7) is 11.3. The lowest BCUT2D eigenvalue weighted by Crippen LogP contribution is -2.25. The molecule has 0 spiro atoms. The van der Waals surface area contributed by atoms with Gasteiger partial charge in [0.05, 0.1) is 36.8 Å². The first-order valence-electron chi connectivity index (χ1n) is 14.3. The minimum Gasteiger partial charge on any atom is -0.462 e. The Hall–Kier alpha value is -4.49. The van der Waals surface area contributed by atoms with E-state index in [-0.39, 0.29) is 46.9 Å². The molecule has 2 heterocycles. The summed E-state index contributed by atoms with van der Waals surface area (Å²) in [5.41, 5.74) is 4.88. The molecule has 2 N–H and O–H groups in total. The number of esters is 2. The molecule has 0 aliphatic rings. The number of ether oxygens (including phenoxy) is 2. The zero-order valence-electron chi connectivity index (χ0n) is 26.0. The molecule has 4 rings (SSSR count). The number of benzene rings is 2. The molecule has 0 bridgehead atoms. The van der Waals surface area contributed by atoms with Crippen LogP contribution in [-0.4, -0.2) is 57.5 Å². The summed E-state index contributed by atoms with van der Waals surface area (Å²) in [5, 5.41) is 15.0. The maximum Gasteiger partial charge on any atom is 0.348 e. The van der Waals surface area contributed by atoms with Gasteiger partial charge >= 0.3 is 11.9 Å². The van der Waals surface area contributed by atoms with Gasteiger partial charge in [-0.3, -0.25) is 14.2 Å². The summed E-state index contributed by atoms with van der Waals surface area (Å²) in [6.07, 6.45) is 0. The van der Waals surface area contributed by atoms with Crippen molar-refractivity contribution in [1.29, 1.82) is 0 Å². The Bertz CT molecular complexity index is 1750. The van der Waals surface area contributed by atoms with Gasteiger partial charge in [-0.15, -0.1) is 21.5 Å². The molecule has 2 aromatic heterocycles. The van der Waals surface area contributed by atoms with Gasteiger partial charge in [0.15, 0.2) is 11.0 Å². The van der Waals surface area contributed by atoms with Gasteiger partial charge in [0.1, 0.15) is 9.88 Å². The number of nitrogens with zero attached hydrogens (tertiary/aromatic N) is 3. The highest BCUT2D eigenvalue weighted by atomic mass is 32.2. The van der Waals surface area contributed by atoms with Gasteiger partial charge in [-0.25, -0.2) is 9.59 Å². The predicted molar refractivity (Wildman–Crippen MR) is 174 cm³/mol. The highest BCUT2D eigenvalue weighted by Crippen LogP contribution is 2.35. The second kappa shape index (κ2) is 15.0. The molecule has 0 aliphatic heterocycles. The zero-order valence-corrected chi connectivity index (χ0v) is 27.6. The number of nitrogens with one attached hydrogen (secondary N) is 2. The highest BCUT2D eigenvalue weighted by Gasteiger charge is 2.28. The predicted octanol–water partition coefficient (Wildman–Crippen LogP) is 5.58. The van der Waals surface area contributed by atoms with Crippen molar-refractivity contribution in [2.24, 2.45) is 0 Å². The van der Waals surface area contributed by atoms with E-state index in [0.29, 0.717) is 22.1 Å². The molecule has 45 heavy (non-hydrogen) atoms. The van der Waals surface area contributed by atoms with Crippen molar-refractivity contribution in [2.75, 3.05) is 24.3 Å². The van der Waals surface area contributed by atoms with E-state index in [0.717, 1.165) is 45.5 Å². The van der Waals surface area contributed by atoms with Crippen LogP contribution < -0.4 is 10.6 Å². The Morgan fingerprint density at radius 1 is 0.911 bits per heavy atom. The summed E-state index contributed by atoms with van der Waals surface area (Å²) in [7, 11) is 0.